The molecule has 0 heterocycles. The Morgan fingerprint density at radius 1 is 1.20 bits per heavy atom. The number of phenolic OH excluding ortho intramolecular Hbond substituents is 1. The van der Waals surface area contributed by atoms with Crippen LogP contribution in [0.5, 0.6) is 11.5 Å². The van der Waals surface area contributed by atoms with E-state index in [2.05, 4.69) is 36.5 Å². The van der Waals surface area contributed by atoms with Crippen molar-refractivity contribution in [2.45, 2.75) is 26.4 Å². The molecular weight excluding hydrogens is 250 g/mol. The Bertz CT molecular complexity index is 581. The van der Waals surface area contributed by atoms with Crippen molar-refractivity contribution in [2.24, 2.45) is 0 Å². The summed E-state index contributed by atoms with van der Waals surface area (Å²) in [5, 5.41) is 13.4. The lowest BCUT2D eigenvalue weighted by molar-refractivity contribution is 0.407. The highest BCUT2D eigenvalue weighted by molar-refractivity contribution is 5.41. The summed E-state index contributed by atoms with van der Waals surface area (Å²) in [4.78, 5) is 0. The minimum atomic E-state index is 0.0469. The molecule has 1 atom stereocenters. The molecule has 2 N–H and O–H groups in total. The molecule has 2 aromatic carbocycles. The second-order valence-electron chi connectivity index (χ2n) is 5.02. The van der Waals surface area contributed by atoms with Crippen molar-refractivity contribution >= 4 is 0 Å². The Morgan fingerprint density at radius 3 is 2.70 bits per heavy atom. The number of benzene rings is 2. The number of nitrogens with one attached hydrogen (secondary N) is 1. The Labute approximate surface area is 120 Å². The minimum absolute atomic E-state index is 0.0469. The van der Waals surface area contributed by atoms with Crippen LogP contribution in [0, 0.1) is 6.92 Å². The lowest BCUT2D eigenvalue weighted by Gasteiger charge is -2.16. The van der Waals surface area contributed by atoms with Gasteiger partial charge in [0.2, 0.25) is 0 Å². The third-order valence-electron chi connectivity index (χ3n) is 3.40. The number of methoxy groups -OCH3 is 1. The quantitative estimate of drug-likeness (QED) is 0.873. The van der Waals surface area contributed by atoms with E-state index < -0.39 is 0 Å². The first kappa shape index (κ1) is 14.4. The summed E-state index contributed by atoms with van der Waals surface area (Å²) >= 11 is 0. The van der Waals surface area contributed by atoms with Crippen molar-refractivity contribution in [2.75, 3.05) is 7.11 Å². The summed E-state index contributed by atoms with van der Waals surface area (Å²) in [6.07, 6.45) is 0. The van der Waals surface area contributed by atoms with Crippen molar-refractivity contribution in [1.82, 2.24) is 5.32 Å². The Morgan fingerprint density at radius 2 is 2.00 bits per heavy atom. The Balaban J connectivity index is 2.06. The molecule has 0 aromatic heterocycles. The first-order valence-electron chi connectivity index (χ1n) is 6.76. The van der Waals surface area contributed by atoms with Gasteiger partial charge in [0.25, 0.3) is 0 Å². The molecule has 20 heavy (non-hydrogen) atoms. The highest BCUT2D eigenvalue weighted by Crippen LogP contribution is 2.28. The number of aryl methyl sites for hydroxylation is 1. The molecule has 0 radical (unpaired) electrons. The maximum absolute atomic E-state index is 9.95. The molecule has 3 heteroatoms. The normalized spacial score (nSPS) is 12.2. The molecule has 1 unspecified atom stereocenters. The van der Waals surface area contributed by atoms with E-state index in [1.54, 1.807) is 19.2 Å². The van der Waals surface area contributed by atoms with E-state index in [9.17, 15) is 5.11 Å². The van der Waals surface area contributed by atoms with Gasteiger partial charge in [0.15, 0.2) is 0 Å². The van der Waals surface area contributed by atoms with Gasteiger partial charge in [-0.3, -0.25) is 0 Å². The molecule has 0 spiro atoms. The van der Waals surface area contributed by atoms with Crippen molar-refractivity contribution in [3.05, 3.63) is 59.2 Å². The molecule has 0 amide bonds. The van der Waals surface area contributed by atoms with Crippen LogP contribution >= 0.6 is 0 Å². The molecule has 106 valence electrons. The average Bonchev–Trinajstić information content (AvgIpc) is 2.45. The zero-order chi connectivity index (χ0) is 14.5. The van der Waals surface area contributed by atoms with E-state index in [4.69, 9.17) is 4.74 Å². The van der Waals surface area contributed by atoms with Gasteiger partial charge in [0.05, 0.1) is 7.11 Å². The molecule has 2 rings (SSSR count). The minimum Gasteiger partial charge on any atom is -0.508 e. The molecule has 2 aromatic rings. The first-order valence-corrected chi connectivity index (χ1v) is 6.76. The number of phenols is 1. The number of hydrogen-bond donors (Lipinski definition) is 2. The fourth-order valence-corrected chi connectivity index (χ4v) is 2.21. The van der Waals surface area contributed by atoms with Gasteiger partial charge in [-0.15, -0.1) is 0 Å². The summed E-state index contributed by atoms with van der Waals surface area (Å²) in [6, 6.07) is 13.7. The van der Waals surface area contributed by atoms with Crippen LogP contribution in [-0.4, -0.2) is 12.2 Å². The van der Waals surface area contributed by atoms with Gasteiger partial charge in [0.1, 0.15) is 11.5 Å². The van der Waals surface area contributed by atoms with Crippen LogP contribution in [0.1, 0.15) is 29.7 Å². The van der Waals surface area contributed by atoms with Gasteiger partial charge in [-0.05, 0) is 37.6 Å². The van der Waals surface area contributed by atoms with Crippen LogP contribution < -0.4 is 10.1 Å². The predicted molar refractivity (Wildman–Crippen MR) is 81.1 cm³/mol. The lowest BCUT2D eigenvalue weighted by Crippen LogP contribution is -2.18. The van der Waals surface area contributed by atoms with Crippen LogP contribution in [0.4, 0.5) is 0 Å². The molecule has 0 saturated heterocycles. The maximum atomic E-state index is 9.95. The van der Waals surface area contributed by atoms with Crippen molar-refractivity contribution in [1.29, 1.82) is 0 Å². The first-order chi connectivity index (χ1) is 9.60. The van der Waals surface area contributed by atoms with Gasteiger partial charge in [-0.25, -0.2) is 0 Å². The van der Waals surface area contributed by atoms with Gasteiger partial charge >= 0.3 is 0 Å². The van der Waals surface area contributed by atoms with Gasteiger partial charge in [0, 0.05) is 18.2 Å². The molecule has 0 aliphatic heterocycles. The standard InChI is InChI=1S/C17H21NO2/c1-12-5-4-6-14(9-12)11-18-13(2)16-10-15(20-3)7-8-17(16)19/h4-10,13,18-19H,11H2,1-3H3. The molecule has 0 saturated carbocycles. The number of rotatable bonds is 5. The summed E-state index contributed by atoms with van der Waals surface area (Å²) in [5.74, 6) is 1.04. The third kappa shape index (κ3) is 3.52. The van der Waals surface area contributed by atoms with E-state index in [0.29, 0.717) is 0 Å². The molecular formula is C17H21NO2. The summed E-state index contributed by atoms with van der Waals surface area (Å²) < 4.78 is 5.20. The lowest BCUT2D eigenvalue weighted by atomic mass is 10.1. The molecule has 0 bridgehead atoms. The highest BCUT2D eigenvalue weighted by atomic mass is 16.5. The monoisotopic (exact) mass is 271 g/mol. The molecule has 0 aliphatic rings. The van der Waals surface area contributed by atoms with E-state index in [0.717, 1.165) is 17.9 Å². The SMILES string of the molecule is COc1ccc(O)c(C(C)NCc2cccc(C)c2)c1. The third-order valence-corrected chi connectivity index (χ3v) is 3.40. The maximum Gasteiger partial charge on any atom is 0.120 e. The van der Waals surface area contributed by atoms with Crippen LogP contribution in [0.2, 0.25) is 0 Å². The second-order valence-corrected chi connectivity index (χ2v) is 5.02. The van der Waals surface area contributed by atoms with Crippen molar-refractivity contribution in [3.63, 3.8) is 0 Å². The molecule has 3 nitrogen and oxygen atoms in total. The number of aromatic hydroxyl groups is 1. The van der Waals surface area contributed by atoms with Crippen LogP contribution in [-0.2, 0) is 6.54 Å². The highest BCUT2D eigenvalue weighted by Gasteiger charge is 2.11. The van der Waals surface area contributed by atoms with Crippen LogP contribution in [0.3, 0.4) is 0 Å². The van der Waals surface area contributed by atoms with Crippen LogP contribution in [0.25, 0.3) is 0 Å². The van der Waals surface area contributed by atoms with Gasteiger partial charge in [-0.2, -0.15) is 0 Å². The van der Waals surface area contributed by atoms with E-state index in [1.165, 1.54) is 11.1 Å². The fourth-order valence-electron chi connectivity index (χ4n) is 2.21. The van der Waals surface area contributed by atoms with E-state index >= 15 is 0 Å². The number of hydrogen-bond acceptors (Lipinski definition) is 3. The predicted octanol–water partition coefficient (Wildman–Crippen LogP) is 3.56. The largest absolute Gasteiger partial charge is 0.508 e. The molecule has 0 aliphatic carbocycles. The Hall–Kier alpha value is -2.00. The smallest absolute Gasteiger partial charge is 0.120 e. The summed E-state index contributed by atoms with van der Waals surface area (Å²) in [7, 11) is 1.63. The van der Waals surface area contributed by atoms with Crippen LogP contribution in [0.15, 0.2) is 42.5 Å². The average molecular weight is 271 g/mol. The van der Waals surface area contributed by atoms with E-state index in [-0.39, 0.29) is 11.8 Å². The summed E-state index contributed by atoms with van der Waals surface area (Å²) in [5.41, 5.74) is 3.33. The van der Waals surface area contributed by atoms with E-state index in [1.807, 2.05) is 13.0 Å². The fraction of sp³-hybridized carbons (Fsp3) is 0.294. The summed E-state index contributed by atoms with van der Waals surface area (Å²) in [6.45, 7) is 4.88. The van der Waals surface area contributed by atoms with Crippen molar-refractivity contribution in [3.8, 4) is 11.5 Å². The van der Waals surface area contributed by atoms with Gasteiger partial charge < -0.3 is 15.2 Å². The van der Waals surface area contributed by atoms with Gasteiger partial charge in [-0.1, -0.05) is 29.8 Å². The van der Waals surface area contributed by atoms with Crippen molar-refractivity contribution < 1.29 is 9.84 Å². The topological polar surface area (TPSA) is 41.5 Å². The Kier molecular flexibility index (Phi) is 4.64. The zero-order valence-electron chi connectivity index (χ0n) is 12.2. The second kappa shape index (κ2) is 6.44. The zero-order valence-corrected chi connectivity index (χ0v) is 12.2. The number of ether oxygens (including phenoxy) is 1. The molecule has 0 fully saturated rings.